The van der Waals surface area contributed by atoms with E-state index >= 15 is 0 Å². The van der Waals surface area contributed by atoms with E-state index in [-0.39, 0.29) is 0 Å². The molecule has 0 aliphatic carbocycles. The molecule has 2 aromatic heterocycles. The van der Waals surface area contributed by atoms with Gasteiger partial charge < -0.3 is 5.32 Å². The molecule has 4 heteroatoms. The molecule has 0 aliphatic heterocycles. The van der Waals surface area contributed by atoms with E-state index in [1.165, 1.54) is 4.88 Å². The molecule has 2 aromatic rings. The first-order valence-corrected chi connectivity index (χ1v) is 5.68. The number of rotatable bonds is 4. The molecule has 0 aromatic carbocycles. The normalized spacial score (nSPS) is 10.5. The molecule has 0 saturated carbocycles. The molecule has 0 fully saturated rings. The van der Waals surface area contributed by atoms with Gasteiger partial charge in [0.15, 0.2) is 0 Å². The zero-order chi connectivity index (χ0) is 10.5. The maximum atomic E-state index is 4.37. The van der Waals surface area contributed by atoms with Gasteiger partial charge in [-0.05, 0) is 19.2 Å². The van der Waals surface area contributed by atoms with Crippen LogP contribution in [0.4, 0.5) is 0 Å². The van der Waals surface area contributed by atoms with Crippen molar-refractivity contribution in [3.8, 4) is 0 Å². The van der Waals surface area contributed by atoms with Crippen molar-refractivity contribution in [3.05, 3.63) is 46.2 Å². The molecule has 3 nitrogen and oxygen atoms in total. The molecule has 0 aliphatic rings. The predicted octanol–water partition coefficient (Wildman–Crippen LogP) is 1.85. The zero-order valence-electron chi connectivity index (χ0n) is 8.60. The Morgan fingerprint density at radius 2 is 2.27 bits per heavy atom. The van der Waals surface area contributed by atoms with Gasteiger partial charge in [0.2, 0.25) is 0 Å². The predicted molar refractivity (Wildman–Crippen MR) is 61.9 cm³/mol. The minimum absolute atomic E-state index is 0.829. The molecule has 0 saturated heterocycles. The minimum atomic E-state index is 0.829. The number of hydrogen-bond donors (Lipinski definition) is 1. The molecule has 0 radical (unpaired) electrons. The van der Waals surface area contributed by atoms with E-state index in [2.05, 4.69) is 15.3 Å². The molecule has 78 valence electrons. The van der Waals surface area contributed by atoms with Gasteiger partial charge in [-0.1, -0.05) is 6.07 Å². The topological polar surface area (TPSA) is 37.8 Å². The molecule has 1 N–H and O–H groups in total. The first-order valence-electron chi connectivity index (χ1n) is 4.86. The Bertz CT molecular complexity index is 411. The summed E-state index contributed by atoms with van der Waals surface area (Å²) in [5.41, 5.74) is 1.07. The number of nitrogens with zero attached hydrogens (tertiary/aromatic N) is 2. The monoisotopic (exact) mass is 219 g/mol. The third-order valence-corrected chi connectivity index (χ3v) is 3.01. The fourth-order valence-corrected chi connectivity index (χ4v) is 2.29. The third-order valence-electron chi connectivity index (χ3n) is 2.01. The van der Waals surface area contributed by atoms with E-state index in [0.717, 1.165) is 23.7 Å². The molecule has 0 amide bonds. The molecule has 0 unspecified atom stereocenters. The Hall–Kier alpha value is -1.26. The van der Waals surface area contributed by atoms with Crippen LogP contribution in [-0.2, 0) is 13.0 Å². The maximum absolute atomic E-state index is 4.37. The second-order valence-corrected chi connectivity index (χ2v) is 4.45. The third kappa shape index (κ3) is 2.84. The first-order chi connectivity index (χ1) is 7.38. The summed E-state index contributed by atoms with van der Waals surface area (Å²) in [7, 11) is 1.94. The number of hydrogen-bond acceptors (Lipinski definition) is 4. The molecule has 0 spiro atoms. The Balaban J connectivity index is 2.05. The quantitative estimate of drug-likeness (QED) is 0.852. The maximum Gasteiger partial charge on any atom is 0.0987 e. The fourth-order valence-electron chi connectivity index (χ4n) is 1.34. The molecule has 15 heavy (non-hydrogen) atoms. The Labute approximate surface area is 93.2 Å². The van der Waals surface area contributed by atoms with Crippen molar-refractivity contribution >= 4 is 11.3 Å². The Morgan fingerprint density at radius 1 is 1.33 bits per heavy atom. The van der Waals surface area contributed by atoms with Gasteiger partial charge in [-0.25, -0.2) is 4.98 Å². The summed E-state index contributed by atoms with van der Waals surface area (Å²) in [5.74, 6) is 0. The van der Waals surface area contributed by atoms with Crippen molar-refractivity contribution in [1.82, 2.24) is 15.3 Å². The van der Waals surface area contributed by atoms with Crippen molar-refractivity contribution < 1.29 is 0 Å². The van der Waals surface area contributed by atoms with Crippen LogP contribution in [0.15, 0.2) is 30.6 Å². The average Bonchev–Trinajstić information content (AvgIpc) is 2.68. The largest absolute Gasteiger partial charge is 0.315 e. The summed E-state index contributed by atoms with van der Waals surface area (Å²) >= 11 is 1.74. The van der Waals surface area contributed by atoms with Crippen molar-refractivity contribution in [2.24, 2.45) is 0 Å². The van der Waals surface area contributed by atoms with E-state index < -0.39 is 0 Å². The summed E-state index contributed by atoms with van der Waals surface area (Å²) in [5, 5.41) is 4.24. The zero-order valence-corrected chi connectivity index (χ0v) is 9.42. The van der Waals surface area contributed by atoms with Crippen LogP contribution in [0, 0.1) is 0 Å². The van der Waals surface area contributed by atoms with Gasteiger partial charge in [0.25, 0.3) is 0 Å². The number of aromatic nitrogens is 2. The van der Waals surface area contributed by atoms with Gasteiger partial charge >= 0.3 is 0 Å². The molecule has 0 atom stereocenters. The Morgan fingerprint density at radius 3 is 3.00 bits per heavy atom. The highest BCUT2D eigenvalue weighted by atomic mass is 32.1. The smallest absolute Gasteiger partial charge is 0.0987 e. The second kappa shape index (κ2) is 5.00. The Kier molecular flexibility index (Phi) is 3.42. The summed E-state index contributed by atoms with van der Waals surface area (Å²) in [6.07, 6.45) is 4.58. The lowest BCUT2D eigenvalue weighted by molar-refractivity contribution is 0.829. The van der Waals surface area contributed by atoms with Gasteiger partial charge in [-0.2, -0.15) is 0 Å². The van der Waals surface area contributed by atoms with Crippen LogP contribution in [0.2, 0.25) is 0 Å². The molecular weight excluding hydrogens is 206 g/mol. The van der Waals surface area contributed by atoms with E-state index in [0.29, 0.717) is 0 Å². The highest BCUT2D eigenvalue weighted by Gasteiger charge is 2.02. The van der Waals surface area contributed by atoms with Crippen LogP contribution in [0.3, 0.4) is 0 Å². The lowest BCUT2D eigenvalue weighted by Gasteiger charge is -1.95. The van der Waals surface area contributed by atoms with Crippen molar-refractivity contribution in [3.63, 3.8) is 0 Å². The van der Waals surface area contributed by atoms with Crippen molar-refractivity contribution in [1.29, 1.82) is 0 Å². The summed E-state index contributed by atoms with van der Waals surface area (Å²) < 4.78 is 0. The number of pyridine rings is 1. The first kappa shape index (κ1) is 10.3. The average molecular weight is 219 g/mol. The van der Waals surface area contributed by atoms with Gasteiger partial charge in [-0.15, -0.1) is 11.3 Å². The van der Waals surface area contributed by atoms with Crippen LogP contribution >= 0.6 is 11.3 Å². The molecule has 2 rings (SSSR count). The molecule has 0 bridgehead atoms. The van der Waals surface area contributed by atoms with Crippen LogP contribution in [0.5, 0.6) is 0 Å². The summed E-state index contributed by atoms with van der Waals surface area (Å²) in [4.78, 5) is 9.92. The second-order valence-electron chi connectivity index (χ2n) is 3.25. The minimum Gasteiger partial charge on any atom is -0.315 e. The van der Waals surface area contributed by atoms with Crippen LogP contribution < -0.4 is 5.32 Å². The lowest BCUT2D eigenvalue weighted by atomic mass is 10.3. The lowest BCUT2D eigenvalue weighted by Crippen LogP contribution is -2.02. The SMILES string of the molecule is CNCc1cnc(Cc2ccccn2)s1. The van der Waals surface area contributed by atoms with E-state index in [4.69, 9.17) is 0 Å². The highest BCUT2D eigenvalue weighted by Crippen LogP contribution is 2.15. The van der Waals surface area contributed by atoms with Crippen molar-refractivity contribution in [2.75, 3.05) is 7.05 Å². The fraction of sp³-hybridized carbons (Fsp3) is 0.273. The van der Waals surface area contributed by atoms with Crippen LogP contribution in [0.25, 0.3) is 0 Å². The molecule has 2 heterocycles. The van der Waals surface area contributed by atoms with Crippen molar-refractivity contribution in [2.45, 2.75) is 13.0 Å². The number of thiazole rings is 1. The van der Waals surface area contributed by atoms with Gasteiger partial charge in [-0.3, -0.25) is 4.98 Å². The van der Waals surface area contributed by atoms with Crippen LogP contribution in [0.1, 0.15) is 15.6 Å². The highest BCUT2D eigenvalue weighted by molar-refractivity contribution is 7.11. The number of nitrogens with one attached hydrogen (secondary N) is 1. The van der Waals surface area contributed by atoms with Gasteiger partial charge in [0, 0.05) is 35.9 Å². The standard InChI is InChI=1S/C11H13N3S/c1-12-7-10-8-14-11(15-10)6-9-4-2-3-5-13-9/h2-5,8,12H,6-7H2,1H3. The summed E-state index contributed by atoms with van der Waals surface area (Å²) in [6.45, 7) is 0.889. The van der Waals surface area contributed by atoms with Gasteiger partial charge in [0.1, 0.15) is 0 Å². The van der Waals surface area contributed by atoms with E-state index in [1.54, 1.807) is 11.3 Å². The van der Waals surface area contributed by atoms with E-state index in [1.807, 2.05) is 37.6 Å². The summed E-state index contributed by atoms with van der Waals surface area (Å²) in [6, 6.07) is 5.96. The molecular formula is C11H13N3S. The van der Waals surface area contributed by atoms with E-state index in [9.17, 15) is 0 Å². The van der Waals surface area contributed by atoms with Gasteiger partial charge in [0.05, 0.1) is 5.01 Å². The van der Waals surface area contributed by atoms with Crippen LogP contribution in [-0.4, -0.2) is 17.0 Å².